The SMILES string of the molecule is CC(C)CC(=O)Nc1ccc(C(=O)COC(=O)c2ccc([N+](=O)[O-])s2)cc1. The van der Waals surface area contributed by atoms with Gasteiger partial charge in [-0.1, -0.05) is 25.2 Å². The van der Waals surface area contributed by atoms with Crippen LogP contribution in [0.2, 0.25) is 0 Å². The monoisotopic (exact) mass is 390 g/mol. The molecule has 0 saturated heterocycles. The van der Waals surface area contributed by atoms with Gasteiger partial charge in [0.15, 0.2) is 12.4 Å². The fraction of sp³-hybridized carbons (Fsp3) is 0.278. The van der Waals surface area contributed by atoms with Crippen molar-refractivity contribution in [3.05, 3.63) is 57.0 Å². The number of carbonyl (C=O) groups is 3. The lowest BCUT2D eigenvalue weighted by Gasteiger charge is -2.08. The van der Waals surface area contributed by atoms with E-state index in [1.165, 1.54) is 24.3 Å². The van der Waals surface area contributed by atoms with Crippen LogP contribution in [0.5, 0.6) is 0 Å². The number of esters is 1. The van der Waals surface area contributed by atoms with Crippen molar-refractivity contribution < 1.29 is 24.0 Å². The highest BCUT2D eigenvalue weighted by molar-refractivity contribution is 7.17. The third-order valence-electron chi connectivity index (χ3n) is 3.39. The van der Waals surface area contributed by atoms with Crippen LogP contribution >= 0.6 is 11.3 Å². The van der Waals surface area contributed by atoms with Crippen LogP contribution in [-0.2, 0) is 9.53 Å². The van der Waals surface area contributed by atoms with Crippen molar-refractivity contribution in [2.75, 3.05) is 11.9 Å². The molecule has 1 amide bonds. The van der Waals surface area contributed by atoms with E-state index in [-0.39, 0.29) is 21.7 Å². The molecule has 0 aliphatic rings. The Balaban J connectivity index is 1.89. The van der Waals surface area contributed by atoms with Gasteiger partial charge in [-0.05, 0) is 36.2 Å². The van der Waals surface area contributed by atoms with Crippen LogP contribution in [0, 0.1) is 16.0 Å². The molecule has 2 aromatic rings. The summed E-state index contributed by atoms with van der Waals surface area (Å²) in [5.74, 6) is -1.08. The number of rotatable bonds is 8. The molecule has 0 aliphatic carbocycles. The number of nitro groups is 1. The minimum Gasteiger partial charge on any atom is -0.453 e. The van der Waals surface area contributed by atoms with Gasteiger partial charge in [0.1, 0.15) is 4.88 Å². The molecule has 9 heteroatoms. The van der Waals surface area contributed by atoms with Gasteiger partial charge in [-0.3, -0.25) is 19.7 Å². The Kier molecular flexibility index (Phi) is 6.78. The van der Waals surface area contributed by atoms with Gasteiger partial charge in [-0.2, -0.15) is 0 Å². The topological polar surface area (TPSA) is 116 Å². The summed E-state index contributed by atoms with van der Waals surface area (Å²) in [7, 11) is 0. The normalized spacial score (nSPS) is 10.5. The molecule has 142 valence electrons. The second kappa shape index (κ2) is 9.04. The van der Waals surface area contributed by atoms with Crippen LogP contribution in [0.1, 0.15) is 40.3 Å². The zero-order chi connectivity index (χ0) is 20.0. The number of ketones is 1. The average molecular weight is 390 g/mol. The average Bonchev–Trinajstić information content (AvgIpc) is 3.09. The largest absolute Gasteiger partial charge is 0.453 e. The second-order valence-corrected chi connectivity index (χ2v) is 7.18. The molecule has 1 aromatic heterocycles. The first-order chi connectivity index (χ1) is 12.8. The molecule has 0 saturated carbocycles. The quantitative estimate of drug-likeness (QED) is 0.318. The number of Topliss-reactive ketones (excluding diaryl/α,β-unsaturated/α-hetero) is 1. The highest BCUT2D eigenvalue weighted by Gasteiger charge is 2.18. The summed E-state index contributed by atoms with van der Waals surface area (Å²) >= 11 is 0.683. The molecular weight excluding hydrogens is 372 g/mol. The summed E-state index contributed by atoms with van der Waals surface area (Å²) < 4.78 is 4.91. The minimum absolute atomic E-state index is 0.0534. The van der Waals surface area contributed by atoms with Gasteiger partial charge in [0.2, 0.25) is 5.91 Å². The molecule has 1 heterocycles. The van der Waals surface area contributed by atoms with Gasteiger partial charge >= 0.3 is 11.0 Å². The number of ether oxygens (including phenoxy) is 1. The third-order valence-corrected chi connectivity index (χ3v) is 4.41. The standard InChI is InChI=1S/C18H18N2O6S/c1-11(2)9-16(22)19-13-5-3-12(4-6-13)14(21)10-26-18(23)15-7-8-17(27-15)20(24)25/h3-8,11H,9-10H2,1-2H3,(H,19,22). The van der Waals surface area contributed by atoms with Gasteiger partial charge < -0.3 is 10.1 Å². The molecule has 1 aromatic carbocycles. The van der Waals surface area contributed by atoms with Gasteiger partial charge in [-0.25, -0.2) is 4.79 Å². The van der Waals surface area contributed by atoms with E-state index in [4.69, 9.17) is 4.74 Å². The number of anilines is 1. The molecule has 2 rings (SSSR count). The van der Waals surface area contributed by atoms with Crippen molar-refractivity contribution >= 4 is 39.7 Å². The second-order valence-electron chi connectivity index (χ2n) is 6.12. The number of benzene rings is 1. The lowest BCUT2D eigenvalue weighted by Crippen LogP contribution is -2.15. The Morgan fingerprint density at radius 2 is 1.81 bits per heavy atom. The zero-order valence-electron chi connectivity index (χ0n) is 14.8. The van der Waals surface area contributed by atoms with Crippen LogP contribution in [0.4, 0.5) is 10.7 Å². The Bertz CT molecular complexity index is 857. The van der Waals surface area contributed by atoms with E-state index in [1.807, 2.05) is 13.8 Å². The van der Waals surface area contributed by atoms with E-state index in [1.54, 1.807) is 12.1 Å². The van der Waals surface area contributed by atoms with Crippen molar-refractivity contribution in [1.29, 1.82) is 0 Å². The fourth-order valence-electron chi connectivity index (χ4n) is 2.14. The Morgan fingerprint density at radius 3 is 2.37 bits per heavy atom. The Morgan fingerprint density at radius 1 is 1.15 bits per heavy atom. The summed E-state index contributed by atoms with van der Waals surface area (Å²) in [6.45, 7) is 3.40. The molecule has 0 unspecified atom stereocenters. The zero-order valence-corrected chi connectivity index (χ0v) is 15.6. The van der Waals surface area contributed by atoms with Gasteiger partial charge in [-0.15, -0.1) is 0 Å². The predicted molar refractivity (Wildman–Crippen MR) is 100 cm³/mol. The van der Waals surface area contributed by atoms with E-state index in [0.717, 1.165) is 0 Å². The number of hydrogen-bond donors (Lipinski definition) is 1. The Labute approximate surface area is 159 Å². The summed E-state index contributed by atoms with van der Waals surface area (Å²) in [6, 6.07) is 8.72. The van der Waals surface area contributed by atoms with E-state index in [0.29, 0.717) is 29.0 Å². The first-order valence-corrected chi connectivity index (χ1v) is 8.92. The molecule has 27 heavy (non-hydrogen) atoms. The predicted octanol–water partition coefficient (Wildman–Crippen LogP) is 3.68. The van der Waals surface area contributed by atoms with Gasteiger partial charge in [0, 0.05) is 23.7 Å². The van der Waals surface area contributed by atoms with Crippen molar-refractivity contribution in [3.8, 4) is 0 Å². The molecule has 0 radical (unpaired) electrons. The third kappa shape index (κ3) is 6.00. The maximum atomic E-state index is 12.1. The number of thiophene rings is 1. The van der Waals surface area contributed by atoms with Crippen LogP contribution in [-0.4, -0.2) is 29.2 Å². The molecule has 8 nitrogen and oxygen atoms in total. The van der Waals surface area contributed by atoms with E-state index < -0.39 is 23.3 Å². The first kappa shape index (κ1) is 20.2. The van der Waals surface area contributed by atoms with E-state index in [2.05, 4.69) is 5.32 Å². The van der Waals surface area contributed by atoms with Crippen LogP contribution < -0.4 is 5.32 Å². The number of hydrogen-bond acceptors (Lipinski definition) is 7. The molecular formula is C18H18N2O6S. The maximum Gasteiger partial charge on any atom is 0.349 e. The number of nitrogens with zero attached hydrogens (tertiary/aromatic N) is 1. The number of nitrogens with one attached hydrogen (secondary N) is 1. The van der Waals surface area contributed by atoms with Gasteiger partial charge in [0.25, 0.3) is 0 Å². The maximum absolute atomic E-state index is 12.1. The van der Waals surface area contributed by atoms with Crippen molar-refractivity contribution in [3.63, 3.8) is 0 Å². The summed E-state index contributed by atoms with van der Waals surface area (Å²) in [4.78, 5) is 45.7. The van der Waals surface area contributed by atoms with Crippen LogP contribution in [0.15, 0.2) is 36.4 Å². The highest BCUT2D eigenvalue weighted by Crippen LogP contribution is 2.24. The van der Waals surface area contributed by atoms with E-state index in [9.17, 15) is 24.5 Å². The first-order valence-electron chi connectivity index (χ1n) is 8.10. The van der Waals surface area contributed by atoms with Gasteiger partial charge in [0.05, 0.1) is 4.92 Å². The lowest BCUT2D eigenvalue weighted by molar-refractivity contribution is -0.380. The molecule has 0 aliphatic heterocycles. The molecule has 0 spiro atoms. The molecule has 0 atom stereocenters. The summed E-state index contributed by atoms with van der Waals surface area (Å²) in [5.41, 5.74) is 0.891. The Hall–Kier alpha value is -3.07. The molecule has 1 N–H and O–H groups in total. The van der Waals surface area contributed by atoms with Crippen molar-refractivity contribution in [2.45, 2.75) is 20.3 Å². The van der Waals surface area contributed by atoms with Crippen LogP contribution in [0.25, 0.3) is 0 Å². The van der Waals surface area contributed by atoms with Crippen molar-refractivity contribution in [1.82, 2.24) is 0 Å². The minimum atomic E-state index is -0.793. The summed E-state index contributed by atoms with van der Waals surface area (Å²) in [6.07, 6.45) is 0.400. The van der Waals surface area contributed by atoms with Crippen LogP contribution in [0.3, 0.4) is 0 Å². The number of amides is 1. The number of carbonyl (C=O) groups excluding carboxylic acids is 3. The molecule has 0 fully saturated rings. The molecule has 0 bridgehead atoms. The smallest absolute Gasteiger partial charge is 0.349 e. The fourth-order valence-corrected chi connectivity index (χ4v) is 2.86. The van der Waals surface area contributed by atoms with Crippen molar-refractivity contribution in [2.24, 2.45) is 5.92 Å². The van der Waals surface area contributed by atoms with E-state index >= 15 is 0 Å². The summed E-state index contributed by atoms with van der Waals surface area (Å²) in [5, 5.41) is 13.2. The highest BCUT2D eigenvalue weighted by atomic mass is 32.1. The lowest BCUT2D eigenvalue weighted by atomic mass is 10.1.